The van der Waals surface area contributed by atoms with Crippen molar-refractivity contribution < 1.29 is 14.0 Å². The predicted molar refractivity (Wildman–Crippen MR) is 72.1 cm³/mol. The van der Waals surface area contributed by atoms with Crippen molar-refractivity contribution >= 4 is 17.4 Å². The van der Waals surface area contributed by atoms with E-state index in [9.17, 15) is 9.59 Å². The summed E-state index contributed by atoms with van der Waals surface area (Å²) < 4.78 is 4.98. The number of rotatable bonds is 5. The smallest absolute Gasteiger partial charge is 0.224 e. The highest BCUT2D eigenvalue weighted by atomic mass is 16.3. The van der Waals surface area contributed by atoms with Crippen LogP contribution in [0.1, 0.15) is 29.0 Å². The monoisotopic (exact) mass is 257 g/mol. The summed E-state index contributed by atoms with van der Waals surface area (Å²) in [6, 6.07) is 10.8. The largest absolute Gasteiger partial charge is 0.461 e. The molecule has 0 radical (unpaired) electrons. The van der Waals surface area contributed by atoms with Crippen LogP contribution in [-0.2, 0) is 4.79 Å². The van der Waals surface area contributed by atoms with Gasteiger partial charge < -0.3 is 9.73 Å². The fourth-order valence-electron chi connectivity index (χ4n) is 1.71. The molecule has 1 heterocycles. The first kappa shape index (κ1) is 13.1. The Balaban J connectivity index is 1.86. The number of furan rings is 1. The molecule has 19 heavy (non-hydrogen) atoms. The van der Waals surface area contributed by atoms with Crippen molar-refractivity contribution in [1.29, 1.82) is 0 Å². The van der Waals surface area contributed by atoms with Gasteiger partial charge in [0.25, 0.3) is 0 Å². The number of aryl methyl sites for hydroxylation is 1. The van der Waals surface area contributed by atoms with Gasteiger partial charge in [-0.2, -0.15) is 0 Å². The molecule has 1 amide bonds. The van der Waals surface area contributed by atoms with Crippen LogP contribution in [0.5, 0.6) is 0 Å². The van der Waals surface area contributed by atoms with Gasteiger partial charge in [-0.3, -0.25) is 9.59 Å². The zero-order valence-electron chi connectivity index (χ0n) is 10.7. The van der Waals surface area contributed by atoms with Crippen molar-refractivity contribution in [2.45, 2.75) is 19.8 Å². The minimum atomic E-state index is -0.172. The van der Waals surface area contributed by atoms with E-state index in [1.54, 1.807) is 12.1 Å². The predicted octanol–water partition coefficient (Wildman–Crippen LogP) is 3.19. The normalized spacial score (nSPS) is 10.2. The first-order chi connectivity index (χ1) is 9.16. The standard InChI is InChI=1S/C15H15NO3/c1-11-5-2-3-6-12(11)16-15(18)9-8-13(17)14-7-4-10-19-14/h2-7,10H,8-9H2,1H3,(H,16,18). The summed E-state index contributed by atoms with van der Waals surface area (Å²) in [7, 11) is 0. The van der Waals surface area contributed by atoms with E-state index < -0.39 is 0 Å². The van der Waals surface area contributed by atoms with E-state index in [4.69, 9.17) is 4.42 Å². The Bertz CT molecular complexity index is 573. The number of anilines is 1. The number of benzene rings is 1. The van der Waals surface area contributed by atoms with Crippen LogP contribution in [0.15, 0.2) is 47.1 Å². The third-order valence-electron chi connectivity index (χ3n) is 2.79. The molecule has 0 fully saturated rings. The lowest BCUT2D eigenvalue weighted by molar-refractivity contribution is -0.116. The fraction of sp³-hybridized carbons (Fsp3) is 0.200. The van der Waals surface area contributed by atoms with E-state index in [-0.39, 0.29) is 24.5 Å². The summed E-state index contributed by atoms with van der Waals surface area (Å²) >= 11 is 0. The van der Waals surface area contributed by atoms with Gasteiger partial charge in [0, 0.05) is 18.5 Å². The zero-order valence-corrected chi connectivity index (χ0v) is 10.7. The van der Waals surface area contributed by atoms with E-state index in [0.717, 1.165) is 11.3 Å². The van der Waals surface area contributed by atoms with E-state index in [0.29, 0.717) is 5.76 Å². The first-order valence-electron chi connectivity index (χ1n) is 6.09. The lowest BCUT2D eigenvalue weighted by atomic mass is 10.1. The molecule has 1 aromatic heterocycles. The van der Waals surface area contributed by atoms with Crippen LogP contribution >= 0.6 is 0 Å². The van der Waals surface area contributed by atoms with Crippen molar-refractivity contribution in [3.63, 3.8) is 0 Å². The van der Waals surface area contributed by atoms with Crippen LogP contribution in [0.2, 0.25) is 0 Å². The molecule has 0 saturated heterocycles. The van der Waals surface area contributed by atoms with Crippen LogP contribution in [0.3, 0.4) is 0 Å². The Kier molecular flexibility index (Phi) is 4.13. The molecule has 0 spiro atoms. The van der Waals surface area contributed by atoms with E-state index in [1.165, 1.54) is 6.26 Å². The number of hydrogen-bond acceptors (Lipinski definition) is 3. The van der Waals surface area contributed by atoms with E-state index in [1.807, 2.05) is 31.2 Å². The van der Waals surface area contributed by atoms with Gasteiger partial charge in [0.2, 0.25) is 5.91 Å². The van der Waals surface area contributed by atoms with Gasteiger partial charge in [-0.15, -0.1) is 0 Å². The zero-order chi connectivity index (χ0) is 13.7. The molecule has 4 nitrogen and oxygen atoms in total. The number of para-hydroxylation sites is 1. The Hall–Kier alpha value is -2.36. The molecule has 1 aromatic carbocycles. The van der Waals surface area contributed by atoms with Crippen molar-refractivity contribution in [3.8, 4) is 0 Å². The molecule has 0 atom stereocenters. The fourth-order valence-corrected chi connectivity index (χ4v) is 1.71. The number of carbonyl (C=O) groups excluding carboxylic acids is 2. The molecule has 0 aliphatic heterocycles. The SMILES string of the molecule is Cc1ccccc1NC(=O)CCC(=O)c1ccco1. The van der Waals surface area contributed by atoms with Gasteiger partial charge in [0.05, 0.1) is 6.26 Å². The quantitative estimate of drug-likeness (QED) is 0.837. The number of carbonyl (C=O) groups is 2. The van der Waals surface area contributed by atoms with Crippen molar-refractivity contribution in [3.05, 3.63) is 54.0 Å². The third-order valence-corrected chi connectivity index (χ3v) is 2.79. The molecular weight excluding hydrogens is 242 g/mol. The molecule has 0 unspecified atom stereocenters. The molecule has 4 heteroatoms. The van der Waals surface area contributed by atoms with E-state index in [2.05, 4.69) is 5.32 Å². The minimum absolute atomic E-state index is 0.144. The van der Waals surface area contributed by atoms with Crippen molar-refractivity contribution in [2.75, 3.05) is 5.32 Å². The lowest BCUT2D eigenvalue weighted by Crippen LogP contribution is -2.14. The highest BCUT2D eigenvalue weighted by Crippen LogP contribution is 2.14. The number of nitrogens with one attached hydrogen (secondary N) is 1. The molecule has 2 rings (SSSR count). The second-order valence-corrected chi connectivity index (χ2v) is 4.26. The summed E-state index contributed by atoms with van der Waals surface area (Å²) in [6.07, 6.45) is 1.74. The highest BCUT2D eigenvalue weighted by molar-refractivity contribution is 5.98. The second kappa shape index (κ2) is 6.00. The number of ketones is 1. The summed E-state index contributed by atoms with van der Waals surface area (Å²) in [5.41, 5.74) is 1.77. The average Bonchev–Trinajstić information content (AvgIpc) is 2.93. The molecule has 1 N–H and O–H groups in total. The average molecular weight is 257 g/mol. The number of Topliss-reactive ketones (excluding diaryl/α,β-unsaturated/α-hetero) is 1. The number of hydrogen-bond donors (Lipinski definition) is 1. The van der Waals surface area contributed by atoms with Crippen LogP contribution in [0.4, 0.5) is 5.69 Å². The van der Waals surface area contributed by atoms with Gasteiger partial charge in [-0.1, -0.05) is 18.2 Å². The van der Waals surface area contributed by atoms with Crippen molar-refractivity contribution in [1.82, 2.24) is 0 Å². The maximum absolute atomic E-state index is 11.7. The first-order valence-corrected chi connectivity index (χ1v) is 6.09. The van der Waals surface area contributed by atoms with Gasteiger partial charge in [-0.25, -0.2) is 0 Å². The Labute approximate surface area is 111 Å². The number of amides is 1. The summed E-state index contributed by atoms with van der Waals surface area (Å²) in [5.74, 6) is -0.0390. The minimum Gasteiger partial charge on any atom is -0.461 e. The van der Waals surface area contributed by atoms with Gasteiger partial charge >= 0.3 is 0 Å². The van der Waals surface area contributed by atoms with Gasteiger partial charge in [0.15, 0.2) is 11.5 Å². The second-order valence-electron chi connectivity index (χ2n) is 4.26. The van der Waals surface area contributed by atoms with Crippen LogP contribution in [0, 0.1) is 6.92 Å². The molecule has 2 aromatic rings. The Morgan fingerprint density at radius 3 is 2.58 bits per heavy atom. The maximum Gasteiger partial charge on any atom is 0.224 e. The lowest BCUT2D eigenvalue weighted by Gasteiger charge is -2.07. The Morgan fingerprint density at radius 2 is 1.89 bits per heavy atom. The topological polar surface area (TPSA) is 59.3 Å². The van der Waals surface area contributed by atoms with E-state index >= 15 is 0 Å². The molecule has 0 saturated carbocycles. The maximum atomic E-state index is 11.7. The molecule has 0 bridgehead atoms. The Morgan fingerprint density at radius 1 is 1.11 bits per heavy atom. The summed E-state index contributed by atoms with van der Waals surface area (Å²) in [4.78, 5) is 23.4. The summed E-state index contributed by atoms with van der Waals surface area (Å²) in [5, 5.41) is 2.79. The van der Waals surface area contributed by atoms with Gasteiger partial charge in [0.1, 0.15) is 0 Å². The van der Waals surface area contributed by atoms with Crippen LogP contribution < -0.4 is 5.32 Å². The molecule has 0 aliphatic rings. The van der Waals surface area contributed by atoms with Crippen molar-refractivity contribution in [2.24, 2.45) is 0 Å². The van der Waals surface area contributed by atoms with Crippen LogP contribution in [-0.4, -0.2) is 11.7 Å². The molecule has 0 aliphatic carbocycles. The molecular formula is C15H15NO3. The highest BCUT2D eigenvalue weighted by Gasteiger charge is 2.11. The van der Waals surface area contributed by atoms with Crippen LogP contribution in [0.25, 0.3) is 0 Å². The van der Waals surface area contributed by atoms with Gasteiger partial charge in [-0.05, 0) is 30.7 Å². The molecule has 98 valence electrons. The third kappa shape index (κ3) is 3.55. The summed E-state index contributed by atoms with van der Waals surface area (Å²) in [6.45, 7) is 1.92.